The minimum absolute atomic E-state index is 0.0485. The summed E-state index contributed by atoms with van der Waals surface area (Å²) >= 11 is 12.7. The highest BCUT2D eigenvalue weighted by atomic mass is 35.5. The van der Waals surface area contributed by atoms with Gasteiger partial charge in [-0.05, 0) is 36.6 Å². The molecule has 2 aromatic carbocycles. The monoisotopic (exact) mass is 435 g/mol. The van der Waals surface area contributed by atoms with E-state index in [0.29, 0.717) is 22.4 Å². The molecule has 2 N–H and O–H groups in total. The van der Waals surface area contributed by atoms with Crippen molar-refractivity contribution in [3.05, 3.63) is 63.6 Å². The fourth-order valence-corrected chi connectivity index (χ4v) is 2.94. The molecule has 0 aliphatic carbocycles. The van der Waals surface area contributed by atoms with Crippen LogP contribution >= 0.6 is 23.2 Å². The molecular formula is C22H27Cl2N3O2. The highest BCUT2D eigenvalue weighted by Gasteiger charge is 2.18. The van der Waals surface area contributed by atoms with Gasteiger partial charge in [0, 0.05) is 28.4 Å². The number of ether oxygens (including phenoxy) is 1. The zero-order chi connectivity index (χ0) is 21.4. The predicted octanol–water partition coefficient (Wildman–Crippen LogP) is 5.36. The second kappa shape index (κ2) is 10.5. The molecule has 2 rings (SSSR count). The third-order valence-electron chi connectivity index (χ3n) is 3.89. The minimum atomic E-state index is -0.382. The molecule has 0 saturated heterocycles. The molecule has 0 aliphatic rings. The maximum atomic E-state index is 11.7. The summed E-state index contributed by atoms with van der Waals surface area (Å²) in [5.41, 5.74) is 5.85. The van der Waals surface area contributed by atoms with E-state index in [-0.39, 0.29) is 17.9 Å². The maximum Gasteiger partial charge on any atom is 0.327 e. The maximum absolute atomic E-state index is 11.7. The molecule has 5 nitrogen and oxygen atoms in total. The van der Waals surface area contributed by atoms with Crippen molar-refractivity contribution >= 4 is 40.6 Å². The quantitative estimate of drug-likeness (QED) is 0.332. The topological polar surface area (TPSA) is 62.7 Å². The number of rotatable bonds is 8. The Bertz CT molecular complexity index is 877. The van der Waals surface area contributed by atoms with Gasteiger partial charge < -0.3 is 10.1 Å². The fraction of sp³-hybridized carbons (Fsp3) is 0.364. The molecule has 0 aromatic heterocycles. The van der Waals surface area contributed by atoms with E-state index >= 15 is 0 Å². The molecule has 156 valence electrons. The van der Waals surface area contributed by atoms with E-state index in [9.17, 15) is 4.79 Å². The van der Waals surface area contributed by atoms with Crippen LogP contribution in [0.5, 0.6) is 0 Å². The summed E-state index contributed by atoms with van der Waals surface area (Å²) in [5, 5.41) is 9.07. The third-order valence-corrected chi connectivity index (χ3v) is 4.46. The van der Waals surface area contributed by atoms with Crippen molar-refractivity contribution in [2.24, 2.45) is 10.5 Å². The van der Waals surface area contributed by atoms with E-state index in [1.54, 1.807) is 13.0 Å². The fourth-order valence-electron chi connectivity index (χ4n) is 2.54. The van der Waals surface area contributed by atoms with Crippen LogP contribution in [0.3, 0.4) is 0 Å². The zero-order valence-electron chi connectivity index (χ0n) is 17.2. The summed E-state index contributed by atoms with van der Waals surface area (Å²) in [6.45, 7) is 9.24. The number of hydrogen-bond donors (Lipinski definition) is 2. The lowest BCUT2D eigenvalue weighted by Crippen LogP contribution is -2.24. The predicted molar refractivity (Wildman–Crippen MR) is 121 cm³/mol. The van der Waals surface area contributed by atoms with E-state index in [1.807, 2.05) is 36.4 Å². The van der Waals surface area contributed by atoms with Gasteiger partial charge in [0.15, 0.2) is 0 Å². The Balaban J connectivity index is 2.47. The minimum Gasteiger partial charge on any atom is -0.465 e. The van der Waals surface area contributed by atoms with Gasteiger partial charge in [-0.3, -0.25) is 10.2 Å². The lowest BCUT2D eigenvalue weighted by molar-refractivity contribution is -0.141. The highest BCUT2D eigenvalue weighted by molar-refractivity contribution is 6.36. The molecule has 0 unspecified atom stereocenters. The number of nitrogens with one attached hydrogen (secondary N) is 2. The first-order valence-corrected chi connectivity index (χ1v) is 10.2. The molecule has 0 amide bonds. The number of carbonyl (C=O) groups excluding carboxylic acids is 1. The highest BCUT2D eigenvalue weighted by Crippen LogP contribution is 2.28. The summed E-state index contributed by atoms with van der Waals surface area (Å²) in [6, 6.07) is 13.0. The van der Waals surface area contributed by atoms with Crippen molar-refractivity contribution in [2.45, 2.75) is 27.7 Å². The second-order valence-corrected chi connectivity index (χ2v) is 8.53. The first-order valence-electron chi connectivity index (χ1n) is 9.46. The van der Waals surface area contributed by atoms with Gasteiger partial charge in [-0.25, -0.2) is 0 Å². The molecule has 0 atom stereocenters. The van der Waals surface area contributed by atoms with Crippen molar-refractivity contribution in [1.29, 1.82) is 0 Å². The number of carbonyl (C=O) groups is 1. The smallest absolute Gasteiger partial charge is 0.327 e. The average molecular weight is 436 g/mol. The molecule has 0 saturated carbocycles. The summed E-state index contributed by atoms with van der Waals surface area (Å²) in [4.78, 5) is 11.7. The van der Waals surface area contributed by atoms with Gasteiger partial charge in [-0.1, -0.05) is 62.2 Å². The van der Waals surface area contributed by atoms with E-state index in [4.69, 9.17) is 27.9 Å². The van der Waals surface area contributed by atoms with Gasteiger partial charge in [0.05, 0.1) is 11.6 Å². The first kappa shape index (κ1) is 23.0. The number of esters is 1. The Morgan fingerprint density at radius 1 is 1.10 bits per heavy atom. The third kappa shape index (κ3) is 7.26. The number of hydrazone groups is 1. The van der Waals surface area contributed by atoms with E-state index in [0.717, 1.165) is 23.4 Å². The number of hydrogen-bond acceptors (Lipinski definition) is 5. The van der Waals surface area contributed by atoms with Crippen LogP contribution in [0.25, 0.3) is 0 Å². The van der Waals surface area contributed by atoms with Gasteiger partial charge in [0.1, 0.15) is 12.3 Å². The lowest BCUT2D eigenvalue weighted by atomic mass is 9.95. The van der Waals surface area contributed by atoms with Crippen molar-refractivity contribution in [3.8, 4) is 0 Å². The molecule has 0 bridgehead atoms. The molecule has 0 radical (unpaired) electrons. The van der Waals surface area contributed by atoms with Crippen molar-refractivity contribution in [3.63, 3.8) is 0 Å². The van der Waals surface area contributed by atoms with Crippen LogP contribution < -0.4 is 10.7 Å². The zero-order valence-corrected chi connectivity index (χ0v) is 18.7. The summed E-state index contributed by atoms with van der Waals surface area (Å²) in [5.74, 6) is -0.382. The summed E-state index contributed by atoms with van der Waals surface area (Å²) in [7, 11) is 0. The van der Waals surface area contributed by atoms with Crippen LogP contribution in [0.2, 0.25) is 10.0 Å². The average Bonchev–Trinajstić information content (AvgIpc) is 2.65. The van der Waals surface area contributed by atoms with Crippen LogP contribution in [0, 0.1) is 5.41 Å². The SMILES string of the molecule is CCOC(=O)CNN=C(c1ccccc1Cl)c1cc(Cl)ccc1NCC(C)(C)C. The molecule has 7 heteroatoms. The Morgan fingerprint density at radius 3 is 2.48 bits per heavy atom. The Hall–Kier alpha value is -2.24. The van der Waals surface area contributed by atoms with E-state index in [2.05, 4.69) is 36.6 Å². The molecule has 0 fully saturated rings. The number of halogens is 2. The van der Waals surface area contributed by atoms with Crippen LogP contribution in [-0.2, 0) is 9.53 Å². The van der Waals surface area contributed by atoms with Crippen molar-refractivity contribution in [2.75, 3.05) is 25.0 Å². The Kier molecular flexibility index (Phi) is 8.35. The Morgan fingerprint density at radius 2 is 1.83 bits per heavy atom. The number of anilines is 1. The van der Waals surface area contributed by atoms with Crippen LogP contribution in [-0.4, -0.2) is 31.4 Å². The van der Waals surface area contributed by atoms with Gasteiger partial charge in [0.2, 0.25) is 0 Å². The molecular weight excluding hydrogens is 409 g/mol. The normalized spacial score (nSPS) is 11.9. The van der Waals surface area contributed by atoms with Crippen LogP contribution in [0.15, 0.2) is 47.6 Å². The first-order chi connectivity index (χ1) is 13.7. The van der Waals surface area contributed by atoms with Gasteiger partial charge >= 0.3 is 5.97 Å². The van der Waals surface area contributed by atoms with Gasteiger partial charge in [-0.15, -0.1) is 0 Å². The largest absolute Gasteiger partial charge is 0.465 e. The standard InChI is InChI=1S/C22H27Cl2N3O2/c1-5-29-20(28)13-26-27-21(16-8-6-7-9-18(16)24)17-12-15(23)10-11-19(17)25-14-22(2,3)4/h6-12,25-26H,5,13-14H2,1-4H3. The number of nitrogens with zero attached hydrogens (tertiary/aromatic N) is 1. The van der Waals surface area contributed by atoms with E-state index < -0.39 is 0 Å². The lowest BCUT2D eigenvalue weighted by Gasteiger charge is -2.22. The summed E-state index contributed by atoms with van der Waals surface area (Å²) < 4.78 is 4.95. The van der Waals surface area contributed by atoms with Crippen LogP contribution in [0.1, 0.15) is 38.8 Å². The van der Waals surface area contributed by atoms with Gasteiger partial charge in [0.25, 0.3) is 0 Å². The van der Waals surface area contributed by atoms with Crippen molar-refractivity contribution in [1.82, 2.24) is 5.43 Å². The van der Waals surface area contributed by atoms with E-state index in [1.165, 1.54) is 0 Å². The molecule has 0 aliphatic heterocycles. The molecule has 0 spiro atoms. The Labute approximate surface area is 182 Å². The van der Waals surface area contributed by atoms with Crippen LogP contribution in [0.4, 0.5) is 5.69 Å². The van der Waals surface area contributed by atoms with Gasteiger partial charge in [-0.2, -0.15) is 5.10 Å². The van der Waals surface area contributed by atoms with Crippen molar-refractivity contribution < 1.29 is 9.53 Å². The molecule has 29 heavy (non-hydrogen) atoms. The molecule has 2 aromatic rings. The number of benzene rings is 2. The second-order valence-electron chi connectivity index (χ2n) is 7.68. The summed E-state index contributed by atoms with van der Waals surface area (Å²) in [6.07, 6.45) is 0. The molecule has 0 heterocycles.